The fourth-order valence-corrected chi connectivity index (χ4v) is 2.69. The van der Waals surface area contributed by atoms with Crippen molar-refractivity contribution in [3.63, 3.8) is 0 Å². The normalized spacial score (nSPS) is 11.4. The van der Waals surface area contributed by atoms with Gasteiger partial charge < -0.3 is 10.8 Å². The lowest BCUT2D eigenvalue weighted by Crippen LogP contribution is -1.97. The number of nitrogen functional groups attached to an aromatic ring is 1. The van der Waals surface area contributed by atoms with Crippen molar-refractivity contribution in [2.24, 2.45) is 5.10 Å². The van der Waals surface area contributed by atoms with E-state index in [9.17, 15) is 5.11 Å². The number of phenols is 1. The lowest BCUT2D eigenvalue weighted by atomic mass is 10.1. The first-order valence-corrected chi connectivity index (χ1v) is 7.02. The number of phenolic OH excluding ortho intramolecular Hbond substituents is 1. The van der Waals surface area contributed by atoms with Crippen LogP contribution in [0.3, 0.4) is 0 Å². The molecule has 100 valence electrons. The maximum absolute atomic E-state index is 10.0. The van der Waals surface area contributed by atoms with Gasteiger partial charge in [0.1, 0.15) is 5.75 Å². The highest BCUT2D eigenvalue weighted by molar-refractivity contribution is 9.11. The number of nitrogens with zero attached hydrogens (tertiary/aromatic N) is 3. The number of hydrogen-bond acceptors (Lipinski definition) is 4. The van der Waals surface area contributed by atoms with Crippen molar-refractivity contribution < 1.29 is 5.11 Å². The standard InChI is InChI=1S/C12H12Br2N4O/c1-6-5-18(12(15)17-6)16-4-8-3-9(13)7(2)10(14)11(8)19/h3-5,19H,1-2H3,(H2,15,17). The number of aromatic nitrogens is 2. The van der Waals surface area contributed by atoms with E-state index in [1.165, 1.54) is 10.9 Å². The molecule has 0 bridgehead atoms. The van der Waals surface area contributed by atoms with Crippen molar-refractivity contribution in [2.45, 2.75) is 13.8 Å². The average Bonchev–Trinajstić information content (AvgIpc) is 2.68. The zero-order chi connectivity index (χ0) is 14.2. The molecule has 0 aliphatic carbocycles. The first kappa shape index (κ1) is 14.1. The molecular weight excluding hydrogens is 376 g/mol. The van der Waals surface area contributed by atoms with Gasteiger partial charge in [0, 0.05) is 10.0 Å². The lowest BCUT2D eigenvalue weighted by molar-refractivity contribution is 0.470. The SMILES string of the molecule is Cc1cn(N=Cc2cc(Br)c(C)c(Br)c2O)c(N)n1. The quantitative estimate of drug-likeness (QED) is 0.776. The van der Waals surface area contributed by atoms with E-state index < -0.39 is 0 Å². The van der Waals surface area contributed by atoms with Crippen LogP contribution in [-0.4, -0.2) is 21.0 Å². The van der Waals surface area contributed by atoms with Gasteiger partial charge in [-0.3, -0.25) is 0 Å². The van der Waals surface area contributed by atoms with Gasteiger partial charge >= 0.3 is 0 Å². The number of nitrogens with two attached hydrogens (primary N) is 1. The number of imidazole rings is 1. The van der Waals surface area contributed by atoms with Crippen LogP contribution in [0.5, 0.6) is 5.75 Å². The molecule has 7 heteroatoms. The summed E-state index contributed by atoms with van der Waals surface area (Å²) in [4.78, 5) is 4.04. The van der Waals surface area contributed by atoms with E-state index >= 15 is 0 Å². The summed E-state index contributed by atoms with van der Waals surface area (Å²) in [6.07, 6.45) is 3.24. The van der Waals surface area contributed by atoms with Crippen LogP contribution in [-0.2, 0) is 0 Å². The number of anilines is 1. The second-order valence-corrected chi connectivity index (χ2v) is 5.71. The average molecular weight is 388 g/mol. The molecular formula is C12H12Br2N4O. The molecule has 0 spiro atoms. The highest BCUT2D eigenvalue weighted by Gasteiger charge is 2.10. The molecule has 3 N–H and O–H groups in total. The zero-order valence-electron chi connectivity index (χ0n) is 10.4. The Morgan fingerprint density at radius 2 is 2.11 bits per heavy atom. The monoisotopic (exact) mass is 386 g/mol. The minimum absolute atomic E-state index is 0.139. The third-order valence-electron chi connectivity index (χ3n) is 2.61. The lowest BCUT2D eigenvalue weighted by Gasteiger charge is -2.07. The van der Waals surface area contributed by atoms with Gasteiger partial charge in [0.2, 0.25) is 5.95 Å². The maximum Gasteiger partial charge on any atom is 0.221 e. The van der Waals surface area contributed by atoms with E-state index in [1.807, 2.05) is 13.8 Å². The summed E-state index contributed by atoms with van der Waals surface area (Å²) in [5.74, 6) is 0.443. The molecule has 1 aromatic heterocycles. The molecule has 2 aromatic rings. The Hall–Kier alpha value is -1.34. The summed E-state index contributed by atoms with van der Waals surface area (Å²) >= 11 is 6.77. The molecule has 0 atom stereocenters. The van der Waals surface area contributed by atoms with Crippen LogP contribution in [0, 0.1) is 13.8 Å². The number of hydrogen-bond donors (Lipinski definition) is 2. The van der Waals surface area contributed by atoms with E-state index in [0.29, 0.717) is 16.0 Å². The van der Waals surface area contributed by atoms with Crippen molar-refractivity contribution in [1.29, 1.82) is 0 Å². The molecule has 5 nitrogen and oxygen atoms in total. The molecule has 0 saturated heterocycles. The molecule has 1 aromatic carbocycles. The Morgan fingerprint density at radius 1 is 1.42 bits per heavy atom. The van der Waals surface area contributed by atoms with Crippen molar-refractivity contribution in [1.82, 2.24) is 9.66 Å². The molecule has 0 radical (unpaired) electrons. The Balaban J connectivity index is 2.42. The fourth-order valence-electron chi connectivity index (χ4n) is 1.54. The van der Waals surface area contributed by atoms with Gasteiger partial charge in [-0.25, -0.2) is 9.66 Å². The van der Waals surface area contributed by atoms with Gasteiger partial charge in [-0.15, -0.1) is 0 Å². The van der Waals surface area contributed by atoms with Gasteiger partial charge in [-0.1, -0.05) is 15.9 Å². The van der Waals surface area contributed by atoms with Crippen LogP contribution in [0.1, 0.15) is 16.8 Å². The molecule has 2 rings (SSSR count). The molecule has 0 aliphatic heterocycles. The topological polar surface area (TPSA) is 76.4 Å². The van der Waals surface area contributed by atoms with Crippen LogP contribution in [0.25, 0.3) is 0 Å². The number of aromatic hydroxyl groups is 1. The molecule has 0 amide bonds. The number of halogens is 2. The summed E-state index contributed by atoms with van der Waals surface area (Å²) in [5, 5.41) is 14.2. The first-order valence-electron chi connectivity index (χ1n) is 5.43. The van der Waals surface area contributed by atoms with Crippen LogP contribution in [0.15, 0.2) is 26.3 Å². The molecule has 0 aliphatic rings. The van der Waals surface area contributed by atoms with Crippen LogP contribution in [0.4, 0.5) is 5.95 Å². The van der Waals surface area contributed by atoms with Crippen molar-refractivity contribution in [3.05, 3.63) is 38.0 Å². The molecule has 0 fully saturated rings. The van der Waals surface area contributed by atoms with E-state index in [-0.39, 0.29) is 5.75 Å². The summed E-state index contributed by atoms with van der Waals surface area (Å²) in [6, 6.07) is 1.79. The van der Waals surface area contributed by atoms with E-state index in [4.69, 9.17) is 5.73 Å². The summed E-state index contributed by atoms with van der Waals surface area (Å²) in [6.45, 7) is 3.73. The molecule has 0 unspecified atom stereocenters. The molecule has 19 heavy (non-hydrogen) atoms. The van der Waals surface area contributed by atoms with Gasteiger partial charge in [0.15, 0.2) is 0 Å². The van der Waals surface area contributed by atoms with Crippen molar-refractivity contribution in [3.8, 4) is 5.75 Å². The van der Waals surface area contributed by atoms with Crippen molar-refractivity contribution >= 4 is 44.0 Å². The van der Waals surface area contributed by atoms with E-state index in [0.717, 1.165) is 15.7 Å². The van der Waals surface area contributed by atoms with Gasteiger partial charge in [0.25, 0.3) is 0 Å². The minimum atomic E-state index is 0.139. The largest absolute Gasteiger partial charge is 0.506 e. The third kappa shape index (κ3) is 2.82. The first-order chi connectivity index (χ1) is 8.90. The van der Waals surface area contributed by atoms with Crippen molar-refractivity contribution in [2.75, 3.05) is 5.73 Å². The van der Waals surface area contributed by atoms with Crippen LogP contribution in [0.2, 0.25) is 0 Å². The summed E-state index contributed by atoms with van der Waals surface area (Å²) in [7, 11) is 0. The minimum Gasteiger partial charge on any atom is -0.506 e. The number of rotatable bonds is 2. The smallest absolute Gasteiger partial charge is 0.221 e. The van der Waals surface area contributed by atoms with E-state index in [2.05, 4.69) is 41.9 Å². The molecule has 0 saturated carbocycles. The van der Waals surface area contributed by atoms with Gasteiger partial charge in [-0.05, 0) is 41.4 Å². The van der Waals surface area contributed by atoms with Crippen LogP contribution >= 0.6 is 31.9 Å². The predicted molar refractivity (Wildman–Crippen MR) is 82.6 cm³/mol. The highest BCUT2D eigenvalue weighted by Crippen LogP contribution is 2.35. The Kier molecular flexibility index (Phi) is 3.96. The Bertz CT molecular complexity index is 664. The highest BCUT2D eigenvalue weighted by atomic mass is 79.9. The van der Waals surface area contributed by atoms with Crippen LogP contribution < -0.4 is 5.73 Å². The second-order valence-electron chi connectivity index (χ2n) is 4.06. The zero-order valence-corrected chi connectivity index (χ0v) is 13.5. The summed E-state index contributed by atoms with van der Waals surface area (Å²) < 4.78 is 2.97. The predicted octanol–water partition coefficient (Wildman–Crippen LogP) is 3.19. The fraction of sp³-hybridized carbons (Fsp3) is 0.167. The second kappa shape index (κ2) is 5.34. The van der Waals surface area contributed by atoms with Gasteiger partial charge in [0.05, 0.1) is 22.6 Å². The Morgan fingerprint density at radius 3 is 2.68 bits per heavy atom. The number of benzene rings is 1. The third-order valence-corrected chi connectivity index (χ3v) is 4.40. The molecule has 1 heterocycles. The Labute approximate surface area is 127 Å². The number of aryl methyl sites for hydroxylation is 1. The van der Waals surface area contributed by atoms with Gasteiger partial charge in [-0.2, -0.15) is 5.10 Å². The maximum atomic E-state index is 10.0. The van der Waals surface area contributed by atoms with E-state index in [1.54, 1.807) is 12.3 Å². The summed E-state index contributed by atoms with van der Waals surface area (Å²) in [5.41, 5.74) is 7.97.